The first-order chi connectivity index (χ1) is 13.7. The summed E-state index contributed by atoms with van der Waals surface area (Å²) in [6, 6.07) is 11.1. The highest BCUT2D eigenvalue weighted by molar-refractivity contribution is 6.33. The first kappa shape index (κ1) is 18.9. The molecule has 0 bridgehead atoms. The van der Waals surface area contributed by atoms with Gasteiger partial charge in [0.05, 0.1) is 17.2 Å². The first-order valence-corrected chi connectivity index (χ1v) is 9.88. The van der Waals surface area contributed by atoms with E-state index in [1.165, 1.54) is 0 Å². The fourth-order valence-corrected chi connectivity index (χ4v) is 4.04. The third-order valence-electron chi connectivity index (χ3n) is 5.25. The SMILES string of the molecule is COCCn1c(CC2CCN(C(=O)c3ccccc3Cl)C2)nc2cccnc21. The van der Waals surface area contributed by atoms with Crippen LogP contribution < -0.4 is 0 Å². The number of carbonyl (C=O) groups excluding carboxylic acids is 1. The summed E-state index contributed by atoms with van der Waals surface area (Å²) in [5.41, 5.74) is 2.36. The Morgan fingerprint density at radius 3 is 2.96 bits per heavy atom. The molecule has 1 atom stereocenters. The van der Waals surface area contributed by atoms with Crippen LogP contribution in [0.15, 0.2) is 42.6 Å². The molecule has 146 valence electrons. The summed E-state index contributed by atoms with van der Waals surface area (Å²) in [7, 11) is 1.70. The van der Waals surface area contributed by atoms with Crippen molar-refractivity contribution in [3.63, 3.8) is 0 Å². The number of likely N-dealkylation sites (tertiary alicyclic amines) is 1. The van der Waals surface area contributed by atoms with Gasteiger partial charge in [0, 0.05) is 39.4 Å². The van der Waals surface area contributed by atoms with E-state index in [-0.39, 0.29) is 5.91 Å². The second-order valence-corrected chi connectivity index (χ2v) is 7.52. The molecule has 1 saturated heterocycles. The van der Waals surface area contributed by atoms with Crippen LogP contribution in [0, 0.1) is 5.92 Å². The van der Waals surface area contributed by atoms with Crippen molar-refractivity contribution in [3.8, 4) is 0 Å². The molecule has 3 aromatic rings. The van der Waals surface area contributed by atoms with Crippen LogP contribution in [0.1, 0.15) is 22.6 Å². The largest absolute Gasteiger partial charge is 0.383 e. The fraction of sp³-hybridized carbons (Fsp3) is 0.381. The number of amides is 1. The Morgan fingerprint density at radius 2 is 2.14 bits per heavy atom. The minimum Gasteiger partial charge on any atom is -0.383 e. The van der Waals surface area contributed by atoms with Crippen molar-refractivity contribution in [2.45, 2.75) is 19.4 Å². The summed E-state index contributed by atoms with van der Waals surface area (Å²) in [5.74, 6) is 1.37. The molecule has 0 N–H and O–H groups in total. The third-order valence-corrected chi connectivity index (χ3v) is 5.58. The van der Waals surface area contributed by atoms with Crippen molar-refractivity contribution < 1.29 is 9.53 Å². The number of hydrogen-bond donors (Lipinski definition) is 0. The Labute approximate surface area is 169 Å². The van der Waals surface area contributed by atoms with Crippen LogP contribution in [-0.2, 0) is 17.7 Å². The van der Waals surface area contributed by atoms with Crippen molar-refractivity contribution in [1.29, 1.82) is 0 Å². The zero-order valence-corrected chi connectivity index (χ0v) is 16.6. The zero-order chi connectivity index (χ0) is 19.5. The van der Waals surface area contributed by atoms with Gasteiger partial charge in [-0.15, -0.1) is 0 Å². The average Bonchev–Trinajstić information content (AvgIpc) is 3.31. The van der Waals surface area contributed by atoms with Gasteiger partial charge in [0.25, 0.3) is 5.91 Å². The number of benzene rings is 1. The lowest BCUT2D eigenvalue weighted by atomic mass is 10.0. The van der Waals surface area contributed by atoms with Gasteiger partial charge in [-0.1, -0.05) is 23.7 Å². The van der Waals surface area contributed by atoms with Gasteiger partial charge in [-0.3, -0.25) is 4.79 Å². The molecule has 0 radical (unpaired) electrons. The normalized spacial score (nSPS) is 16.8. The van der Waals surface area contributed by atoms with Crippen LogP contribution in [0.4, 0.5) is 0 Å². The summed E-state index contributed by atoms with van der Waals surface area (Å²) in [4.78, 5) is 24.0. The van der Waals surface area contributed by atoms with Crippen molar-refractivity contribution in [2.75, 3.05) is 26.8 Å². The molecule has 2 aromatic heterocycles. The number of imidazole rings is 1. The lowest BCUT2D eigenvalue weighted by Gasteiger charge is -2.17. The molecule has 1 amide bonds. The van der Waals surface area contributed by atoms with E-state index in [1.54, 1.807) is 25.4 Å². The minimum absolute atomic E-state index is 0.00246. The van der Waals surface area contributed by atoms with Crippen LogP contribution in [0.5, 0.6) is 0 Å². The minimum atomic E-state index is 0.00246. The van der Waals surface area contributed by atoms with Gasteiger partial charge in [-0.2, -0.15) is 0 Å². The second-order valence-electron chi connectivity index (χ2n) is 7.11. The Hall–Kier alpha value is -2.44. The van der Waals surface area contributed by atoms with E-state index in [9.17, 15) is 4.79 Å². The number of halogens is 1. The molecule has 1 unspecified atom stereocenters. The first-order valence-electron chi connectivity index (χ1n) is 9.50. The van der Waals surface area contributed by atoms with E-state index in [1.807, 2.05) is 29.2 Å². The number of aromatic nitrogens is 3. The Kier molecular flexibility index (Phi) is 5.59. The van der Waals surface area contributed by atoms with Crippen molar-refractivity contribution >= 4 is 28.7 Å². The molecule has 4 rings (SSSR count). The highest BCUT2D eigenvalue weighted by Crippen LogP contribution is 2.26. The van der Waals surface area contributed by atoms with Crippen LogP contribution in [0.2, 0.25) is 5.02 Å². The fourth-order valence-electron chi connectivity index (χ4n) is 3.83. The smallest absolute Gasteiger partial charge is 0.255 e. The molecule has 0 saturated carbocycles. The number of methoxy groups -OCH3 is 1. The van der Waals surface area contributed by atoms with Crippen LogP contribution in [0.25, 0.3) is 11.2 Å². The number of carbonyl (C=O) groups is 1. The van der Waals surface area contributed by atoms with E-state index in [0.717, 1.165) is 36.4 Å². The Balaban J connectivity index is 1.50. The highest BCUT2D eigenvalue weighted by atomic mass is 35.5. The summed E-state index contributed by atoms with van der Waals surface area (Å²) in [6.45, 7) is 2.78. The molecule has 1 fully saturated rings. The molecule has 0 aliphatic carbocycles. The number of pyridine rings is 1. The highest BCUT2D eigenvalue weighted by Gasteiger charge is 2.29. The predicted molar refractivity (Wildman–Crippen MR) is 109 cm³/mol. The van der Waals surface area contributed by atoms with Gasteiger partial charge in [0.2, 0.25) is 0 Å². The summed E-state index contributed by atoms with van der Waals surface area (Å²) >= 11 is 6.20. The number of rotatable bonds is 6. The molecule has 1 aromatic carbocycles. The van der Waals surface area contributed by atoms with Crippen molar-refractivity contribution in [2.24, 2.45) is 5.92 Å². The van der Waals surface area contributed by atoms with Gasteiger partial charge < -0.3 is 14.2 Å². The van der Waals surface area contributed by atoms with Gasteiger partial charge in [-0.05, 0) is 36.6 Å². The van der Waals surface area contributed by atoms with Gasteiger partial charge in [0.1, 0.15) is 11.3 Å². The lowest BCUT2D eigenvalue weighted by molar-refractivity contribution is 0.0787. The maximum atomic E-state index is 12.8. The lowest BCUT2D eigenvalue weighted by Crippen LogP contribution is -2.29. The second kappa shape index (κ2) is 8.29. The molecule has 0 spiro atoms. The summed E-state index contributed by atoms with van der Waals surface area (Å²) in [6.07, 6.45) is 3.56. The standard InChI is InChI=1S/C21H23ClN4O2/c1-28-12-11-26-19(24-18-7-4-9-23-20(18)26)13-15-8-10-25(14-15)21(27)16-5-2-3-6-17(16)22/h2-7,9,15H,8,10-14H2,1H3. The maximum Gasteiger partial charge on any atom is 0.255 e. The van der Waals surface area contributed by atoms with Crippen LogP contribution in [-0.4, -0.2) is 52.1 Å². The number of hydrogen-bond acceptors (Lipinski definition) is 4. The molecule has 28 heavy (non-hydrogen) atoms. The number of nitrogens with zero attached hydrogens (tertiary/aromatic N) is 4. The Bertz CT molecular complexity index is 987. The molecule has 1 aliphatic heterocycles. The molecular formula is C21H23ClN4O2. The molecule has 6 nitrogen and oxygen atoms in total. The third kappa shape index (κ3) is 3.75. The zero-order valence-electron chi connectivity index (χ0n) is 15.8. The predicted octanol–water partition coefficient (Wildman–Crippen LogP) is 3.44. The van der Waals surface area contributed by atoms with Crippen molar-refractivity contribution in [3.05, 3.63) is 59.0 Å². The van der Waals surface area contributed by atoms with E-state index in [2.05, 4.69) is 9.55 Å². The molecular weight excluding hydrogens is 376 g/mol. The van der Waals surface area contributed by atoms with Gasteiger partial charge in [0.15, 0.2) is 5.65 Å². The van der Waals surface area contributed by atoms with E-state index in [4.69, 9.17) is 21.3 Å². The number of fused-ring (bicyclic) bond motifs is 1. The molecule has 7 heteroatoms. The topological polar surface area (TPSA) is 60.2 Å². The van der Waals surface area contributed by atoms with Gasteiger partial charge >= 0.3 is 0 Å². The summed E-state index contributed by atoms with van der Waals surface area (Å²) in [5, 5.41) is 0.503. The number of ether oxygens (including phenoxy) is 1. The maximum absolute atomic E-state index is 12.8. The average molecular weight is 399 g/mol. The van der Waals surface area contributed by atoms with Crippen LogP contribution >= 0.6 is 11.6 Å². The summed E-state index contributed by atoms with van der Waals surface area (Å²) < 4.78 is 7.39. The van der Waals surface area contributed by atoms with E-state index in [0.29, 0.717) is 36.2 Å². The van der Waals surface area contributed by atoms with Crippen molar-refractivity contribution in [1.82, 2.24) is 19.4 Å². The molecule has 1 aliphatic rings. The molecule has 3 heterocycles. The van der Waals surface area contributed by atoms with Crippen LogP contribution in [0.3, 0.4) is 0 Å². The van der Waals surface area contributed by atoms with Gasteiger partial charge in [-0.25, -0.2) is 9.97 Å². The monoisotopic (exact) mass is 398 g/mol. The van der Waals surface area contributed by atoms with E-state index >= 15 is 0 Å². The Morgan fingerprint density at radius 1 is 1.29 bits per heavy atom. The quantitative estimate of drug-likeness (QED) is 0.638. The van der Waals surface area contributed by atoms with E-state index < -0.39 is 0 Å².